The molecule has 0 atom stereocenters. The Morgan fingerprint density at radius 1 is 1.21 bits per heavy atom. The lowest BCUT2D eigenvalue weighted by atomic mass is 10.2. The first kappa shape index (κ1) is 20.1. The SMILES string of the molecule is CC(=O)Nc1ccc(S(=O)(=O)Oc2cccc(/C=C3/SC(=S)NC3=O)c2)cc1. The third kappa shape index (κ3) is 4.97. The highest BCUT2D eigenvalue weighted by molar-refractivity contribution is 8.26. The summed E-state index contributed by atoms with van der Waals surface area (Å²) < 4.78 is 30.5. The van der Waals surface area contributed by atoms with Crippen LogP contribution in [0.4, 0.5) is 5.69 Å². The fourth-order valence-electron chi connectivity index (χ4n) is 2.31. The number of hydrogen-bond acceptors (Lipinski definition) is 7. The van der Waals surface area contributed by atoms with Gasteiger partial charge in [-0.25, -0.2) is 0 Å². The van der Waals surface area contributed by atoms with Crippen LogP contribution < -0.4 is 14.8 Å². The van der Waals surface area contributed by atoms with Crippen LogP contribution in [-0.2, 0) is 19.7 Å². The largest absolute Gasteiger partial charge is 0.379 e. The van der Waals surface area contributed by atoms with Gasteiger partial charge in [-0.1, -0.05) is 36.1 Å². The maximum absolute atomic E-state index is 12.5. The molecule has 0 radical (unpaired) electrons. The number of thioether (sulfide) groups is 1. The van der Waals surface area contributed by atoms with Crippen LogP contribution in [0.2, 0.25) is 0 Å². The minimum absolute atomic E-state index is 0.0542. The van der Waals surface area contributed by atoms with Crippen LogP contribution in [0, 0.1) is 0 Å². The Kier molecular flexibility index (Phi) is 5.82. The fraction of sp³-hybridized carbons (Fsp3) is 0.0556. The van der Waals surface area contributed by atoms with Crippen molar-refractivity contribution in [2.45, 2.75) is 11.8 Å². The molecule has 7 nitrogen and oxygen atoms in total. The van der Waals surface area contributed by atoms with Crippen molar-refractivity contribution in [3.05, 3.63) is 59.0 Å². The highest BCUT2D eigenvalue weighted by Crippen LogP contribution is 2.27. The first-order valence-electron chi connectivity index (χ1n) is 7.90. The Balaban J connectivity index is 1.79. The van der Waals surface area contributed by atoms with Gasteiger partial charge in [-0.3, -0.25) is 9.59 Å². The van der Waals surface area contributed by atoms with Crippen molar-refractivity contribution in [3.8, 4) is 5.75 Å². The van der Waals surface area contributed by atoms with Crippen molar-refractivity contribution in [1.82, 2.24) is 5.32 Å². The summed E-state index contributed by atoms with van der Waals surface area (Å²) in [5.74, 6) is -0.452. The van der Waals surface area contributed by atoms with Crippen molar-refractivity contribution in [2.24, 2.45) is 0 Å². The maximum Gasteiger partial charge on any atom is 0.339 e. The molecule has 1 heterocycles. The van der Waals surface area contributed by atoms with Crippen molar-refractivity contribution < 1.29 is 22.2 Å². The van der Waals surface area contributed by atoms with E-state index in [9.17, 15) is 18.0 Å². The molecule has 1 saturated heterocycles. The number of hydrogen-bond donors (Lipinski definition) is 2. The number of rotatable bonds is 5. The average molecular weight is 435 g/mol. The molecule has 0 aliphatic carbocycles. The molecule has 1 aliphatic rings. The Morgan fingerprint density at radius 2 is 1.93 bits per heavy atom. The first-order valence-corrected chi connectivity index (χ1v) is 10.5. The van der Waals surface area contributed by atoms with Gasteiger partial charge in [0.05, 0.1) is 4.91 Å². The van der Waals surface area contributed by atoms with E-state index in [1.165, 1.54) is 43.3 Å². The normalized spacial score (nSPS) is 15.4. The Morgan fingerprint density at radius 3 is 2.54 bits per heavy atom. The maximum atomic E-state index is 12.5. The molecule has 0 spiro atoms. The van der Waals surface area contributed by atoms with E-state index >= 15 is 0 Å². The summed E-state index contributed by atoms with van der Waals surface area (Å²) in [5, 5.41) is 5.07. The van der Waals surface area contributed by atoms with Gasteiger partial charge in [0.1, 0.15) is 15.0 Å². The van der Waals surface area contributed by atoms with Crippen LogP contribution in [0.15, 0.2) is 58.3 Å². The van der Waals surface area contributed by atoms with E-state index in [1.54, 1.807) is 18.2 Å². The van der Waals surface area contributed by atoms with E-state index in [0.717, 1.165) is 11.8 Å². The summed E-state index contributed by atoms with van der Waals surface area (Å²) in [6, 6.07) is 12.0. The summed E-state index contributed by atoms with van der Waals surface area (Å²) in [4.78, 5) is 23.1. The molecule has 2 N–H and O–H groups in total. The van der Waals surface area contributed by atoms with E-state index in [-0.39, 0.29) is 22.5 Å². The summed E-state index contributed by atoms with van der Waals surface area (Å²) >= 11 is 6.07. The predicted molar refractivity (Wildman–Crippen MR) is 111 cm³/mol. The number of carbonyl (C=O) groups is 2. The van der Waals surface area contributed by atoms with Crippen LogP contribution in [0.25, 0.3) is 6.08 Å². The molecule has 2 aromatic rings. The second kappa shape index (κ2) is 8.13. The van der Waals surface area contributed by atoms with E-state index < -0.39 is 10.1 Å². The average Bonchev–Trinajstić information content (AvgIpc) is 2.92. The second-order valence-corrected chi connectivity index (χ2v) is 8.93. The Labute approximate surface area is 171 Å². The molecule has 1 aliphatic heterocycles. The molecular weight excluding hydrogens is 420 g/mol. The summed E-state index contributed by atoms with van der Waals surface area (Å²) in [7, 11) is -4.06. The monoisotopic (exact) mass is 434 g/mol. The van der Waals surface area contributed by atoms with Gasteiger partial charge in [0, 0.05) is 12.6 Å². The number of nitrogens with one attached hydrogen (secondary N) is 2. The van der Waals surface area contributed by atoms with Crippen molar-refractivity contribution in [3.63, 3.8) is 0 Å². The van der Waals surface area contributed by atoms with Gasteiger partial charge in [0.25, 0.3) is 5.91 Å². The molecule has 0 aromatic heterocycles. The number of amides is 2. The molecule has 1 fully saturated rings. The Hall–Kier alpha value is -2.69. The zero-order valence-corrected chi connectivity index (χ0v) is 16.9. The zero-order valence-electron chi connectivity index (χ0n) is 14.5. The standard InChI is InChI=1S/C18H14N2O5S3/c1-11(21)19-13-5-7-15(8-6-13)28(23,24)25-14-4-2-3-12(9-14)10-16-17(22)20-18(26)27-16/h2-10H,1H3,(H,19,21)(H,20,22,26)/b16-10+. The molecule has 0 bridgehead atoms. The van der Waals surface area contributed by atoms with E-state index in [1.807, 2.05) is 0 Å². The number of benzene rings is 2. The lowest BCUT2D eigenvalue weighted by molar-refractivity contribution is -0.115. The minimum atomic E-state index is -4.06. The van der Waals surface area contributed by atoms with Crippen LogP contribution >= 0.6 is 24.0 Å². The predicted octanol–water partition coefficient (Wildman–Crippen LogP) is 2.90. The first-order chi connectivity index (χ1) is 13.2. The third-order valence-corrected chi connectivity index (χ3v) is 5.89. The van der Waals surface area contributed by atoms with E-state index in [4.69, 9.17) is 16.4 Å². The third-order valence-electron chi connectivity index (χ3n) is 3.47. The van der Waals surface area contributed by atoms with E-state index in [2.05, 4.69) is 10.6 Å². The molecule has 2 amide bonds. The van der Waals surface area contributed by atoms with Gasteiger partial charge in [0.15, 0.2) is 0 Å². The number of thiocarbonyl (C=S) groups is 1. The van der Waals surface area contributed by atoms with Crippen LogP contribution in [0.3, 0.4) is 0 Å². The quantitative estimate of drug-likeness (QED) is 0.424. The molecule has 3 rings (SSSR count). The smallest absolute Gasteiger partial charge is 0.339 e. The van der Waals surface area contributed by atoms with Crippen LogP contribution in [0.5, 0.6) is 5.75 Å². The Bertz CT molecular complexity index is 1090. The lowest BCUT2D eigenvalue weighted by Gasteiger charge is -2.09. The van der Waals surface area contributed by atoms with Crippen molar-refractivity contribution in [1.29, 1.82) is 0 Å². The topological polar surface area (TPSA) is 102 Å². The highest BCUT2D eigenvalue weighted by atomic mass is 32.2. The summed E-state index contributed by atoms with van der Waals surface area (Å²) in [6.45, 7) is 1.36. The zero-order chi connectivity index (χ0) is 20.3. The van der Waals surface area contributed by atoms with Gasteiger partial charge in [-0.15, -0.1) is 0 Å². The van der Waals surface area contributed by atoms with Gasteiger partial charge < -0.3 is 14.8 Å². The molecule has 28 heavy (non-hydrogen) atoms. The fourth-order valence-corrected chi connectivity index (χ4v) is 4.28. The van der Waals surface area contributed by atoms with Crippen LogP contribution in [-0.4, -0.2) is 24.6 Å². The molecule has 0 unspecified atom stereocenters. The van der Waals surface area contributed by atoms with Crippen molar-refractivity contribution in [2.75, 3.05) is 5.32 Å². The molecule has 10 heteroatoms. The summed E-state index contributed by atoms with van der Waals surface area (Å²) in [5.41, 5.74) is 1.07. The molecular formula is C18H14N2O5S3. The molecule has 144 valence electrons. The van der Waals surface area contributed by atoms with Gasteiger partial charge in [-0.05, 0) is 48.0 Å². The lowest BCUT2D eigenvalue weighted by Crippen LogP contribution is -2.17. The number of anilines is 1. The van der Waals surface area contributed by atoms with Crippen LogP contribution in [0.1, 0.15) is 12.5 Å². The van der Waals surface area contributed by atoms with Gasteiger partial charge in [-0.2, -0.15) is 8.42 Å². The van der Waals surface area contributed by atoms with Gasteiger partial charge in [0.2, 0.25) is 5.91 Å². The van der Waals surface area contributed by atoms with Gasteiger partial charge >= 0.3 is 10.1 Å². The second-order valence-electron chi connectivity index (χ2n) is 5.67. The number of carbonyl (C=O) groups excluding carboxylic acids is 2. The molecule has 0 saturated carbocycles. The van der Waals surface area contributed by atoms with Crippen molar-refractivity contribution >= 4 is 62.0 Å². The highest BCUT2D eigenvalue weighted by Gasteiger charge is 2.22. The van der Waals surface area contributed by atoms with E-state index in [0.29, 0.717) is 20.5 Å². The minimum Gasteiger partial charge on any atom is -0.379 e. The summed E-state index contributed by atoms with van der Waals surface area (Å²) in [6.07, 6.45) is 1.60. The molecule has 2 aromatic carbocycles.